The SMILES string of the molecule is CC(C)(C)[Si](C)(C)OC[C@@H](OCc1ccccc1)[C@@H](C#N)NCc1ccccc1. The zero-order chi connectivity index (χ0) is 21.3. The van der Waals surface area contributed by atoms with Gasteiger partial charge in [0.1, 0.15) is 12.1 Å². The zero-order valence-electron chi connectivity index (χ0n) is 18.3. The Morgan fingerprint density at radius 3 is 2.03 bits per heavy atom. The van der Waals surface area contributed by atoms with Crippen LogP contribution in [0.1, 0.15) is 31.9 Å². The fourth-order valence-electron chi connectivity index (χ4n) is 2.61. The number of benzene rings is 2. The van der Waals surface area contributed by atoms with E-state index >= 15 is 0 Å². The van der Waals surface area contributed by atoms with Crippen LogP contribution in [0.15, 0.2) is 60.7 Å². The second-order valence-electron chi connectivity index (χ2n) is 8.88. The third kappa shape index (κ3) is 7.41. The lowest BCUT2D eigenvalue weighted by Gasteiger charge is -2.37. The van der Waals surface area contributed by atoms with Crippen molar-refractivity contribution in [1.82, 2.24) is 5.32 Å². The Hall–Kier alpha value is -1.97. The highest BCUT2D eigenvalue weighted by molar-refractivity contribution is 6.74. The number of nitriles is 1. The molecule has 0 bridgehead atoms. The molecule has 4 nitrogen and oxygen atoms in total. The van der Waals surface area contributed by atoms with Gasteiger partial charge in [0.05, 0.1) is 19.3 Å². The van der Waals surface area contributed by atoms with Crippen molar-refractivity contribution < 1.29 is 9.16 Å². The molecule has 0 aromatic heterocycles. The first-order valence-electron chi connectivity index (χ1n) is 10.2. The smallest absolute Gasteiger partial charge is 0.192 e. The molecule has 2 aromatic rings. The van der Waals surface area contributed by atoms with Crippen molar-refractivity contribution in [2.45, 2.75) is 64.2 Å². The van der Waals surface area contributed by atoms with Gasteiger partial charge in [0, 0.05) is 6.54 Å². The van der Waals surface area contributed by atoms with Crippen LogP contribution in [0.2, 0.25) is 18.1 Å². The summed E-state index contributed by atoms with van der Waals surface area (Å²) in [4.78, 5) is 0. The molecule has 5 heteroatoms. The van der Waals surface area contributed by atoms with Crippen LogP contribution in [0, 0.1) is 11.3 Å². The summed E-state index contributed by atoms with van der Waals surface area (Å²) in [5, 5.41) is 13.3. The topological polar surface area (TPSA) is 54.3 Å². The quantitative estimate of drug-likeness (QED) is 0.542. The molecule has 0 spiro atoms. The third-order valence-corrected chi connectivity index (χ3v) is 10.1. The average molecular weight is 411 g/mol. The number of rotatable bonds is 10. The van der Waals surface area contributed by atoms with E-state index in [9.17, 15) is 5.26 Å². The van der Waals surface area contributed by atoms with Crippen molar-refractivity contribution in [3.05, 3.63) is 71.8 Å². The van der Waals surface area contributed by atoms with Crippen molar-refractivity contribution in [2.75, 3.05) is 6.61 Å². The maximum Gasteiger partial charge on any atom is 0.192 e. The molecule has 0 radical (unpaired) electrons. The molecular weight excluding hydrogens is 376 g/mol. The molecule has 1 N–H and O–H groups in total. The summed E-state index contributed by atoms with van der Waals surface area (Å²) in [7, 11) is -1.94. The number of ether oxygens (including phenoxy) is 1. The van der Waals surface area contributed by atoms with Gasteiger partial charge in [-0.05, 0) is 29.3 Å². The molecule has 0 unspecified atom stereocenters. The summed E-state index contributed by atoms with van der Waals surface area (Å²) < 4.78 is 12.6. The standard InChI is InChI=1S/C24H34N2O2Si/c1-24(2,3)29(4,5)28-19-23(27-18-21-14-10-7-11-15-21)22(16-25)26-17-20-12-8-6-9-13-20/h6-15,22-23,26H,17-19H2,1-5H3/t22-,23-/m1/s1. The van der Waals surface area contributed by atoms with E-state index in [0.717, 1.165) is 11.1 Å². The summed E-state index contributed by atoms with van der Waals surface area (Å²) in [6, 6.07) is 22.1. The molecule has 2 atom stereocenters. The van der Waals surface area contributed by atoms with Crippen LogP contribution in [0.3, 0.4) is 0 Å². The van der Waals surface area contributed by atoms with Gasteiger partial charge in [-0.15, -0.1) is 0 Å². The first-order valence-corrected chi connectivity index (χ1v) is 13.1. The molecule has 0 aliphatic carbocycles. The molecule has 156 valence electrons. The lowest BCUT2D eigenvalue weighted by Crippen LogP contribution is -2.48. The summed E-state index contributed by atoms with van der Waals surface area (Å²) >= 11 is 0. The third-order valence-electron chi connectivity index (χ3n) is 5.60. The van der Waals surface area contributed by atoms with Gasteiger partial charge in [0.15, 0.2) is 8.32 Å². The fourth-order valence-corrected chi connectivity index (χ4v) is 3.62. The van der Waals surface area contributed by atoms with Crippen molar-refractivity contribution in [3.63, 3.8) is 0 Å². The van der Waals surface area contributed by atoms with Crippen molar-refractivity contribution in [1.29, 1.82) is 5.26 Å². The van der Waals surface area contributed by atoms with E-state index < -0.39 is 14.4 Å². The van der Waals surface area contributed by atoms with Gasteiger partial charge in [0.2, 0.25) is 0 Å². The van der Waals surface area contributed by atoms with E-state index in [4.69, 9.17) is 9.16 Å². The van der Waals surface area contributed by atoms with Gasteiger partial charge in [0.25, 0.3) is 0 Å². The van der Waals surface area contributed by atoms with Gasteiger partial charge in [-0.2, -0.15) is 5.26 Å². The van der Waals surface area contributed by atoms with Crippen LogP contribution < -0.4 is 5.32 Å². The molecule has 2 aromatic carbocycles. The van der Waals surface area contributed by atoms with E-state index in [0.29, 0.717) is 19.8 Å². The Kier molecular flexibility index (Phi) is 8.60. The summed E-state index contributed by atoms with van der Waals surface area (Å²) in [5.41, 5.74) is 2.23. The van der Waals surface area contributed by atoms with Crippen LogP contribution >= 0.6 is 0 Å². The molecule has 0 amide bonds. The highest BCUT2D eigenvalue weighted by Gasteiger charge is 2.38. The van der Waals surface area contributed by atoms with Gasteiger partial charge < -0.3 is 9.16 Å². The summed E-state index contributed by atoms with van der Waals surface area (Å²) in [6.07, 6.45) is -0.349. The second kappa shape index (κ2) is 10.7. The van der Waals surface area contributed by atoms with Crippen molar-refractivity contribution in [2.24, 2.45) is 0 Å². The van der Waals surface area contributed by atoms with E-state index in [1.165, 1.54) is 0 Å². The van der Waals surface area contributed by atoms with Gasteiger partial charge in [-0.25, -0.2) is 0 Å². The molecular formula is C24H34N2O2Si. The predicted molar refractivity (Wildman–Crippen MR) is 121 cm³/mol. The van der Waals surface area contributed by atoms with Gasteiger partial charge in [-0.1, -0.05) is 81.4 Å². The summed E-state index contributed by atoms with van der Waals surface area (Å²) in [5.74, 6) is 0. The molecule has 0 aliphatic heterocycles. The first-order chi connectivity index (χ1) is 13.7. The number of nitrogens with zero attached hydrogens (tertiary/aromatic N) is 1. The Balaban J connectivity index is 2.07. The Labute approximate surface area is 177 Å². The Bertz CT molecular complexity index is 767. The highest BCUT2D eigenvalue weighted by atomic mass is 28.4. The zero-order valence-corrected chi connectivity index (χ0v) is 19.3. The first kappa shape index (κ1) is 23.3. The molecule has 2 rings (SSSR count). The Morgan fingerprint density at radius 1 is 0.966 bits per heavy atom. The average Bonchev–Trinajstić information content (AvgIpc) is 2.70. The maximum absolute atomic E-state index is 9.82. The van der Waals surface area contributed by atoms with Crippen LogP contribution in [0.5, 0.6) is 0 Å². The monoisotopic (exact) mass is 410 g/mol. The molecule has 0 aliphatic rings. The lowest BCUT2D eigenvalue weighted by atomic mass is 10.1. The van der Waals surface area contributed by atoms with E-state index in [1.54, 1.807) is 0 Å². The van der Waals surface area contributed by atoms with E-state index in [2.05, 4.69) is 45.3 Å². The molecule has 29 heavy (non-hydrogen) atoms. The lowest BCUT2D eigenvalue weighted by molar-refractivity contribution is -0.00627. The summed E-state index contributed by atoms with van der Waals surface area (Å²) in [6.45, 7) is 12.6. The highest BCUT2D eigenvalue weighted by Crippen LogP contribution is 2.36. The second-order valence-corrected chi connectivity index (χ2v) is 13.7. The minimum atomic E-state index is -1.94. The van der Waals surface area contributed by atoms with E-state index in [1.807, 2.05) is 60.7 Å². The van der Waals surface area contributed by atoms with Crippen molar-refractivity contribution in [3.8, 4) is 6.07 Å². The normalized spacial score (nSPS) is 14.2. The van der Waals surface area contributed by atoms with Crippen LogP contribution in [-0.4, -0.2) is 27.1 Å². The number of nitrogens with one attached hydrogen (secondary N) is 1. The molecule has 0 saturated heterocycles. The van der Waals surface area contributed by atoms with Gasteiger partial charge >= 0.3 is 0 Å². The molecule has 0 saturated carbocycles. The van der Waals surface area contributed by atoms with Crippen LogP contribution in [0.25, 0.3) is 0 Å². The number of hydrogen-bond donors (Lipinski definition) is 1. The Morgan fingerprint density at radius 2 is 1.52 bits per heavy atom. The fraction of sp³-hybridized carbons (Fsp3) is 0.458. The molecule has 0 fully saturated rings. The minimum Gasteiger partial charge on any atom is -0.414 e. The van der Waals surface area contributed by atoms with Crippen LogP contribution in [0.4, 0.5) is 0 Å². The van der Waals surface area contributed by atoms with E-state index in [-0.39, 0.29) is 11.1 Å². The van der Waals surface area contributed by atoms with Crippen molar-refractivity contribution >= 4 is 8.32 Å². The largest absolute Gasteiger partial charge is 0.414 e. The number of hydrogen-bond acceptors (Lipinski definition) is 4. The minimum absolute atomic E-state index is 0.108. The van der Waals surface area contributed by atoms with Gasteiger partial charge in [-0.3, -0.25) is 5.32 Å². The van der Waals surface area contributed by atoms with Crippen LogP contribution in [-0.2, 0) is 22.3 Å². The molecule has 0 heterocycles. The maximum atomic E-state index is 9.82. The predicted octanol–water partition coefficient (Wildman–Crippen LogP) is 5.28.